The van der Waals surface area contributed by atoms with Gasteiger partial charge in [-0.1, -0.05) is 0 Å². The van der Waals surface area contributed by atoms with E-state index in [-0.39, 0.29) is 11.8 Å². The first kappa shape index (κ1) is 15.0. The van der Waals surface area contributed by atoms with E-state index >= 15 is 0 Å². The number of thiazole rings is 1. The van der Waals surface area contributed by atoms with E-state index in [9.17, 15) is 4.79 Å². The van der Waals surface area contributed by atoms with E-state index in [4.69, 9.17) is 0 Å². The molecule has 0 radical (unpaired) electrons. The fourth-order valence-corrected chi connectivity index (χ4v) is 3.41. The SMILES string of the molecule is CNc1ncc(-c2ncc(C)s2)c2cc(NC(=O)C3CC3)ncc12. The van der Waals surface area contributed by atoms with Gasteiger partial charge in [0.15, 0.2) is 0 Å². The van der Waals surface area contributed by atoms with E-state index in [2.05, 4.69) is 25.6 Å². The van der Waals surface area contributed by atoms with Crippen LogP contribution in [0.3, 0.4) is 0 Å². The van der Waals surface area contributed by atoms with Gasteiger partial charge in [0, 0.05) is 52.8 Å². The van der Waals surface area contributed by atoms with Crippen molar-refractivity contribution >= 4 is 39.7 Å². The van der Waals surface area contributed by atoms with Gasteiger partial charge in [-0.05, 0) is 25.8 Å². The largest absolute Gasteiger partial charge is 0.373 e. The Morgan fingerprint density at radius 3 is 2.67 bits per heavy atom. The summed E-state index contributed by atoms with van der Waals surface area (Å²) in [6, 6.07) is 1.91. The van der Waals surface area contributed by atoms with Crippen molar-refractivity contribution in [3.05, 3.63) is 29.5 Å². The van der Waals surface area contributed by atoms with Crippen molar-refractivity contribution in [2.45, 2.75) is 19.8 Å². The Balaban J connectivity index is 1.83. The summed E-state index contributed by atoms with van der Waals surface area (Å²) in [6.45, 7) is 2.03. The highest BCUT2D eigenvalue weighted by atomic mass is 32.1. The molecule has 7 heteroatoms. The normalized spacial score (nSPS) is 13.9. The monoisotopic (exact) mass is 339 g/mol. The Labute approximate surface area is 143 Å². The van der Waals surface area contributed by atoms with Gasteiger partial charge in [0.05, 0.1) is 0 Å². The summed E-state index contributed by atoms with van der Waals surface area (Å²) in [5.74, 6) is 1.53. The number of aryl methyl sites for hydroxylation is 1. The summed E-state index contributed by atoms with van der Waals surface area (Å²) in [6.07, 6.45) is 7.36. The van der Waals surface area contributed by atoms with E-state index in [1.807, 2.05) is 32.4 Å². The Hall–Kier alpha value is -2.54. The van der Waals surface area contributed by atoms with E-state index in [0.717, 1.165) is 44.9 Å². The topological polar surface area (TPSA) is 79.8 Å². The van der Waals surface area contributed by atoms with Gasteiger partial charge >= 0.3 is 0 Å². The lowest BCUT2D eigenvalue weighted by Crippen LogP contribution is -2.14. The van der Waals surface area contributed by atoms with Crippen LogP contribution in [0.4, 0.5) is 11.6 Å². The molecule has 0 saturated heterocycles. The van der Waals surface area contributed by atoms with Gasteiger partial charge in [-0.25, -0.2) is 15.0 Å². The third-order valence-electron chi connectivity index (χ3n) is 4.06. The zero-order valence-corrected chi connectivity index (χ0v) is 14.3. The second-order valence-electron chi connectivity index (χ2n) is 5.93. The molecule has 3 aromatic rings. The Kier molecular flexibility index (Phi) is 3.65. The molecule has 1 saturated carbocycles. The minimum Gasteiger partial charge on any atom is -0.373 e. The smallest absolute Gasteiger partial charge is 0.228 e. The number of carbonyl (C=O) groups is 1. The maximum absolute atomic E-state index is 12.0. The lowest BCUT2D eigenvalue weighted by molar-refractivity contribution is -0.117. The van der Waals surface area contributed by atoms with Crippen LogP contribution in [-0.2, 0) is 4.79 Å². The highest BCUT2D eigenvalue weighted by molar-refractivity contribution is 7.15. The zero-order valence-electron chi connectivity index (χ0n) is 13.5. The van der Waals surface area contributed by atoms with Crippen LogP contribution < -0.4 is 10.6 Å². The number of nitrogens with zero attached hydrogens (tertiary/aromatic N) is 3. The molecule has 24 heavy (non-hydrogen) atoms. The summed E-state index contributed by atoms with van der Waals surface area (Å²) in [5, 5.41) is 8.80. The van der Waals surface area contributed by atoms with E-state index in [1.54, 1.807) is 17.5 Å². The first-order valence-electron chi connectivity index (χ1n) is 7.86. The summed E-state index contributed by atoms with van der Waals surface area (Å²) in [4.78, 5) is 26.5. The number of pyridine rings is 2. The Morgan fingerprint density at radius 1 is 1.17 bits per heavy atom. The molecule has 3 heterocycles. The number of aromatic nitrogens is 3. The predicted molar refractivity (Wildman–Crippen MR) is 96.3 cm³/mol. The van der Waals surface area contributed by atoms with Crippen LogP contribution >= 0.6 is 11.3 Å². The van der Waals surface area contributed by atoms with Crippen LogP contribution in [0.5, 0.6) is 0 Å². The predicted octanol–water partition coefficient (Wildman–Crippen LogP) is 3.45. The van der Waals surface area contributed by atoms with Crippen LogP contribution in [0.25, 0.3) is 21.3 Å². The number of nitrogens with one attached hydrogen (secondary N) is 2. The van der Waals surface area contributed by atoms with E-state index in [1.165, 1.54) is 0 Å². The molecule has 0 unspecified atom stereocenters. The van der Waals surface area contributed by atoms with Gasteiger partial charge in [-0.3, -0.25) is 4.79 Å². The van der Waals surface area contributed by atoms with Gasteiger partial charge < -0.3 is 10.6 Å². The lowest BCUT2D eigenvalue weighted by Gasteiger charge is -2.10. The Morgan fingerprint density at radius 2 is 2.00 bits per heavy atom. The number of anilines is 2. The van der Waals surface area contributed by atoms with Crippen LogP contribution in [0.1, 0.15) is 17.7 Å². The van der Waals surface area contributed by atoms with Gasteiger partial charge in [0.1, 0.15) is 16.6 Å². The molecule has 0 aromatic carbocycles. The molecule has 1 aliphatic carbocycles. The van der Waals surface area contributed by atoms with E-state index < -0.39 is 0 Å². The molecule has 4 rings (SSSR count). The zero-order chi connectivity index (χ0) is 16.7. The molecule has 2 N–H and O–H groups in total. The lowest BCUT2D eigenvalue weighted by atomic mass is 10.1. The van der Waals surface area contributed by atoms with Crippen molar-refractivity contribution in [3.63, 3.8) is 0 Å². The summed E-state index contributed by atoms with van der Waals surface area (Å²) in [7, 11) is 1.83. The van der Waals surface area contributed by atoms with Crippen molar-refractivity contribution in [2.24, 2.45) is 5.92 Å². The number of hydrogen-bond acceptors (Lipinski definition) is 6. The molecule has 0 aliphatic heterocycles. The minimum absolute atomic E-state index is 0.0522. The van der Waals surface area contributed by atoms with Crippen LogP contribution in [0, 0.1) is 12.8 Å². The minimum atomic E-state index is 0.0522. The highest BCUT2D eigenvalue weighted by Crippen LogP contribution is 2.35. The number of amides is 1. The standard InChI is InChI=1S/C17H17N5OS/c1-9-6-21-17(24-9)13-8-20-15(18-2)12-7-19-14(5-11(12)13)22-16(23)10-3-4-10/h5-8,10H,3-4H2,1-2H3,(H,18,20)(H,19,22,23). The fraction of sp³-hybridized carbons (Fsp3) is 0.294. The molecule has 0 bridgehead atoms. The molecule has 3 aromatic heterocycles. The number of hydrogen-bond donors (Lipinski definition) is 2. The molecular weight excluding hydrogens is 322 g/mol. The van der Waals surface area contributed by atoms with Crippen molar-refractivity contribution in [3.8, 4) is 10.6 Å². The Bertz CT molecular complexity index is 932. The third kappa shape index (κ3) is 2.71. The van der Waals surface area contributed by atoms with Crippen LogP contribution in [-0.4, -0.2) is 27.9 Å². The molecule has 1 fully saturated rings. The molecule has 0 atom stereocenters. The molecule has 122 valence electrons. The van der Waals surface area contributed by atoms with Crippen molar-refractivity contribution < 1.29 is 4.79 Å². The summed E-state index contributed by atoms with van der Waals surface area (Å²) in [5.41, 5.74) is 0.950. The van der Waals surface area contributed by atoms with Gasteiger partial charge in [0.2, 0.25) is 5.91 Å². The fourth-order valence-electron chi connectivity index (χ4n) is 2.63. The molecule has 0 spiro atoms. The van der Waals surface area contributed by atoms with Crippen molar-refractivity contribution in [2.75, 3.05) is 17.7 Å². The number of carbonyl (C=O) groups excluding carboxylic acids is 1. The first-order valence-corrected chi connectivity index (χ1v) is 8.67. The molecule has 6 nitrogen and oxygen atoms in total. The molecule has 1 aliphatic rings. The first-order chi connectivity index (χ1) is 11.7. The maximum atomic E-state index is 12.0. The maximum Gasteiger partial charge on any atom is 0.228 e. The van der Waals surface area contributed by atoms with Crippen molar-refractivity contribution in [1.82, 2.24) is 15.0 Å². The number of rotatable bonds is 4. The molecular formula is C17H17N5OS. The van der Waals surface area contributed by atoms with E-state index in [0.29, 0.717) is 5.82 Å². The van der Waals surface area contributed by atoms with Crippen LogP contribution in [0.2, 0.25) is 0 Å². The summed E-state index contributed by atoms with van der Waals surface area (Å²) >= 11 is 1.62. The molecule has 1 amide bonds. The second-order valence-corrected chi connectivity index (χ2v) is 7.16. The third-order valence-corrected chi connectivity index (χ3v) is 5.01. The van der Waals surface area contributed by atoms with Gasteiger partial charge in [-0.15, -0.1) is 11.3 Å². The quantitative estimate of drug-likeness (QED) is 0.761. The second kappa shape index (κ2) is 5.83. The van der Waals surface area contributed by atoms with Gasteiger partial charge in [0.25, 0.3) is 0 Å². The number of fused-ring (bicyclic) bond motifs is 1. The highest BCUT2D eigenvalue weighted by Gasteiger charge is 2.29. The average Bonchev–Trinajstić information content (AvgIpc) is 3.35. The van der Waals surface area contributed by atoms with Crippen LogP contribution in [0.15, 0.2) is 24.7 Å². The van der Waals surface area contributed by atoms with Crippen molar-refractivity contribution in [1.29, 1.82) is 0 Å². The summed E-state index contributed by atoms with van der Waals surface area (Å²) < 4.78 is 0. The van der Waals surface area contributed by atoms with Gasteiger partial charge in [-0.2, -0.15) is 0 Å². The average molecular weight is 339 g/mol.